The van der Waals surface area contributed by atoms with Crippen LogP contribution < -0.4 is 10.6 Å². The smallest absolute Gasteiger partial charge is 0.153 e. The van der Waals surface area contributed by atoms with E-state index in [-0.39, 0.29) is 0 Å². The molecule has 144 valence electrons. The molecule has 1 saturated carbocycles. The van der Waals surface area contributed by atoms with Crippen molar-refractivity contribution in [1.29, 1.82) is 0 Å². The third-order valence-electron chi connectivity index (χ3n) is 6.36. The third kappa shape index (κ3) is 3.58. The highest BCUT2D eigenvalue weighted by atomic mass is 15.3. The molecule has 0 amide bonds. The van der Waals surface area contributed by atoms with Gasteiger partial charge in [0.15, 0.2) is 5.82 Å². The van der Waals surface area contributed by atoms with Gasteiger partial charge in [-0.2, -0.15) is 5.10 Å². The van der Waals surface area contributed by atoms with Crippen molar-refractivity contribution in [2.75, 3.05) is 18.4 Å². The summed E-state index contributed by atoms with van der Waals surface area (Å²) >= 11 is 0. The first-order valence-electron chi connectivity index (χ1n) is 10.3. The second kappa shape index (κ2) is 6.87. The Labute approximate surface area is 160 Å². The third-order valence-corrected chi connectivity index (χ3v) is 6.36. The van der Waals surface area contributed by atoms with E-state index in [4.69, 9.17) is 9.97 Å². The minimum Gasteiger partial charge on any atom is -0.323 e. The molecule has 7 nitrogen and oxygen atoms in total. The number of H-pyrrole nitrogens is 1. The standard InChI is InChI=1S/C20H29N7/c1-12-7-18(23-19-8-13(2)25-26-19)24-20(21-12)14-3-5-17(6-4-14)27-10-15-9-16(11-27)22-15/h7-8,14-17,22H,3-6,9-11H2,1-2H3,(H2,21,23,24,25,26)/t14?,15-,16?,17?/m1/s1. The van der Waals surface area contributed by atoms with Crippen molar-refractivity contribution in [2.45, 2.75) is 70.0 Å². The Balaban J connectivity index is 1.24. The predicted molar refractivity (Wildman–Crippen MR) is 105 cm³/mol. The maximum atomic E-state index is 4.82. The van der Waals surface area contributed by atoms with E-state index in [2.05, 4.69) is 25.7 Å². The Hall–Kier alpha value is -1.99. The molecule has 0 radical (unpaired) electrons. The topological polar surface area (TPSA) is 81.8 Å². The van der Waals surface area contributed by atoms with E-state index >= 15 is 0 Å². The van der Waals surface area contributed by atoms with Gasteiger partial charge in [0.2, 0.25) is 0 Å². The summed E-state index contributed by atoms with van der Waals surface area (Å²) in [6.45, 7) is 6.52. The van der Waals surface area contributed by atoms with Gasteiger partial charge < -0.3 is 10.6 Å². The van der Waals surface area contributed by atoms with Gasteiger partial charge in [-0.15, -0.1) is 0 Å². The molecule has 3 saturated heterocycles. The van der Waals surface area contributed by atoms with Gasteiger partial charge in [0.1, 0.15) is 11.6 Å². The number of nitrogens with one attached hydrogen (secondary N) is 3. The maximum absolute atomic E-state index is 4.82. The molecular weight excluding hydrogens is 338 g/mol. The Morgan fingerprint density at radius 2 is 1.74 bits per heavy atom. The van der Waals surface area contributed by atoms with Crippen molar-refractivity contribution < 1.29 is 0 Å². The molecule has 2 bridgehead atoms. The number of aromatic nitrogens is 4. The van der Waals surface area contributed by atoms with Crippen molar-refractivity contribution >= 4 is 11.6 Å². The minimum atomic E-state index is 0.472. The number of hydrogen-bond acceptors (Lipinski definition) is 6. The Morgan fingerprint density at radius 3 is 2.41 bits per heavy atom. The number of hydrogen-bond donors (Lipinski definition) is 3. The molecule has 5 heterocycles. The van der Waals surface area contributed by atoms with E-state index in [1.54, 1.807) is 0 Å². The molecule has 6 rings (SSSR count). The van der Waals surface area contributed by atoms with E-state index in [1.807, 2.05) is 26.0 Å². The number of anilines is 2. The van der Waals surface area contributed by atoms with Crippen LogP contribution in [0.4, 0.5) is 11.6 Å². The van der Waals surface area contributed by atoms with E-state index in [9.17, 15) is 0 Å². The number of aromatic amines is 1. The first kappa shape index (κ1) is 17.1. The lowest BCUT2D eigenvalue weighted by molar-refractivity contribution is 0.0307. The summed E-state index contributed by atoms with van der Waals surface area (Å²) in [6.07, 6.45) is 6.29. The van der Waals surface area contributed by atoms with Crippen LogP contribution in [0.15, 0.2) is 12.1 Å². The first-order valence-corrected chi connectivity index (χ1v) is 10.3. The molecule has 0 aromatic carbocycles. The van der Waals surface area contributed by atoms with Crippen molar-refractivity contribution in [3.05, 3.63) is 29.3 Å². The van der Waals surface area contributed by atoms with Gasteiger partial charge in [-0.25, -0.2) is 9.97 Å². The number of piperidine rings is 1. The fraction of sp³-hybridized carbons (Fsp3) is 0.650. The van der Waals surface area contributed by atoms with Crippen molar-refractivity contribution in [3.8, 4) is 0 Å². The summed E-state index contributed by atoms with van der Waals surface area (Å²) in [4.78, 5) is 12.3. The Morgan fingerprint density at radius 1 is 1.00 bits per heavy atom. The van der Waals surface area contributed by atoms with Gasteiger partial charge in [0, 0.05) is 60.7 Å². The van der Waals surface area contributed by atoms with Crippen molar-refractivity contribution in [2.24, 2.45) is 0 Å². The summed E-state index contributed by atoms with van der Waals surface area (Å²) in [6, 6.07) is 6.23. The van der Waals surface area contributed by atoms with E-state index in [0.29, 0.717) is 5.92 Å². The van der Waals surface area contributed by atoms with Crippen LogP contribution in [-0.4, -0.2) is 56.3 Å². The van der Waals surface area contributed by atoms with Crippen LogP contribution >= 0.6 is 0 Å². The highest BCUT2D eigenvalue weighted by Crippen LogP contribution is 2.36. The van der Waals surface area contributed by atoms with E-state index in [1.165, 1.54) is 45.2 Å². The molecule has 0 spiro atoms. The quantitative estimate of drug-likeness (QED) is 0.771. The maximum Gasteiger partial charge on any atom is 0.153 e. The summed E-state index contributed by atoms with van der Waals surface area (Å²) in [5.74, 6) is 3.11. The average Bonchev–Trinajstić information content (AvgIpc) is 3.05. The van der Waals surface area contributed by atoms with Crippen LogP contribution in [0.5, 0.6) is 0 Å². The zero-order valence-electron chi connectivity index (χ0n) is 16.2. The summed E-state index contributed by atoms with van der Waals surface area (Å²) in [5, 5.41) is 14.2. The fourth-order valence-electron chi connectivity index (χ4n) is 5.00. The van der Waals surface area contributed by atoms with Gasteiger partial charge in [0.05, 0.1) is 0 Å². The van der Waals surface area contributed by atoms with Crippen molar-refractivity contribution in [3.63, 3.8) is 0 Å². The van der Waals surface area contributed by atoms with Crippen LogP contribution in [0, 0.1) is 13.8 Å². The molecule has 27 heavy (non-hydrogen) atoms. The predicted octanol–water partition coefficient (Wildman–Crippen LogP) is 2.63. The molecule has 1 aliphatic carbocycles. The lowest BCUT2D eigenvalue weighted by Crippen LogP contribution is -2.68. The molecule has 2 aromatic rings. The molecule has 1 unspecified atom stereocenters. The van der Waals surface area contributed by atoms with Crippen LogP contribution in [0.3, 0.4) is 0 Å². The normalized spacial score (nSPS) is 30.7. The summed E-state index contributed by atoms with van der Waals surface area (Å²) in [5.41, 5.74) is 2.05. The van der Waals surface area contributed by atoms with Crippen LogP contribution in [-0.2, 0) is 0 Å². The second-order valence-electron chi connectivity index (χ2n) is 8.57. The SMILES string of the molecule is Cc1cc(Nc2cc(C)[nH]n2)nc(C2CCC(N3CC4C[C@H](C3)N4)CC2)n1. The van der Waals surface area contributed by atoms with Crippen molar-refractivity contribution in [1.82, 2.24) is 30.4 Å². The molecular formula is C20H29N7. The zero-order chi connectivity index (χ0) is 18.4. The van der Waals surface area contributed by atoms with Crippen LogP contribution in [0.1, 0.15) is 55.2 Å². The summed E-state index contributed by atoms with van der Waals surface area (Å²) in [7, 11) is 0. The minimum absolute atomic E-state index is 0.472. The lowest BCUT2D eigenvalue weighted by Gasteiger charge is -2.51. The number of rotatable bonds is 4. The molecule has 3 N–H and O–H groups in total. The number of nitrogens with zero attached hydrogens (tertiary/aromatic N) is 4. The molecule has 3 aliphatic heterocycles. The van der Waals surface area contributed by atoms with Gasteiger partial charge in [-0.05, 0) is 46.0 Å². The Bertz CT molecular complexity index is 792. The molecule has 4 fully saturated rings. The van der Waals surface area contributed by atoms with Crippen LogP contribution in [0.25, 0.3) is 0 Å². The van der Waals surface area contributed by atoms with Gasteiger partial charge in [-0.3, -0.25) is 10.00 Å². The van der Waals surface area contributed by atoms with Gasteiger partial charge in [0.25, 0.3) is 0 Å². The van der Waals surface area contributed by atoms with Gasteiger partial charge in [-0.1, -0.05) is 0 Å². The fourth-order valence-corrected chi connectivity index (χ4v) is 5.00. The highest BCUT2D eigenvalue weighted by molar-refractivity contribution is 5.52. The monoisotopic (exact) mass is 367 g/mol. The summed E-state index contributed by atoms with van der Waals surface area (Å²) < 4.78 is 0. The van der Waals surface area contributed by atoms with Crippen LogP contribution in [0.2, 0.25) is 0 Å². The number of fused-ring (bicyclic) bond motifs is 2. The largest absolute Gasteiger partial charge is 0.323 e. The zero-order valence-corrected chi connectivity index (χ0v) is 16.2. The number of piperazine rings is 1. The molecule has 2 atom stereocenters. The second-order valence-corrected chi connectivity index (χ2v) is 8.57. The highest BCUT2D eigenvalue weighted by Gasteiger charge is 2.39. The average molecular weight is 368 g/mol. The van der Waals surface area contributed by atoms with Gasteiger partial charge >= 0.3 is 0 Å². The molecule has 2 aromatic heterocycles. The first-order chi connectivity index (χ1) is 13.1. The van der Waals surface area contributed by atoms with E-state index in [0.717, 1.165) is 47.0 Å². The van der Waals surface area contributed by atoms with E-state index < -0.39 is 0 Å². The molecule has 4 aliphatic rings. The molecule has 7 heteroatoms. The lowest BCUT2D eigenvalue weighted by atomic mass is 9.82. The Kier molecular flexibility index (Phi) is 4.36. The number of aryl methyl sites for hydroxylation is 2.